The van der Waals surface area contributed by atoms with Crippen molar-refractivity contribution >= 4 is 29.5 Å². The molecule has 0 aliphatic rings. The van der Waals surface area contributed by atoms with Gasteiger partial charge in [0.2, 0.25) is 11.8 Å². The van der Waals surface area contributed by atoms with Crippen molar-refractivity contribution in [3.8, 4) is 16.9 Å². The molecule has 10 heteroatoms. The molecule has 198 valence electrons. The van der Waals surface area contributed by atoms with Crippen molar-refractivity contribution in [1.29, 1.82) is 0 Å². The molecule has 0 spiro atoms. The minimum Gasteiger partial charge on any atom is -0.497 e. The average molecular weight is 513 g/mol. The zero-order chi connectivity index (χ0) is 27.4. The van der Waals surface area contributed by atoms with Gasteiger partial charge in [-0.25, -0.2) is 0 Å². The van der Waals surface area contributed by atoms with Crippen LogP contribution in [0.1, 0.15) is 44.1 Å². The van der Waals surface area contributed by atoms with Crippen molar-refractivity contribution in [3.05, 3.63) is 54.1 Å². The quantitative estimate of drug-likeness (QED) is 0.265. The zero-order valence-electron chi connectivity index (χ0n) is 20.6. The standard InChI is InChI=1S/C27H32N2O8/c1-37-21-4-2-3-19(15-21)18-8-5-17(6-9-18)7-12-24(31)29-22(11-14-26(34)35)23(30)16-20(27(28)36)10-13-25(32)33/h2-6,8-9,15,20,22H,7,10-14,16H2,1H3,(H2,28,36)(H,29,31)(H,32,33)(H,34,35)/t20-,22+/m1/s1. The third-order valence-electron chi connectivity index (χ3n) is 5.93. The lowest BCUT2D eigenvalue weighted by Gasteiger charge is -2.19. The Morgan fingerprint density at radius 2 is 1.54 bits per heavy atom. The molecule has 0 unspecified atom stereocenters. The highest BCUT2D eigenvalue weighted by molar-refractivity contribution is 5.92. The number of aliphatic carboxylic acids is 2. The monoisotopic (exact) mass is 512 g/mol. The van der Waals surface area contributed by atoms with Crippen LogP contribution in [0.3, 0.4) is 0 Å². The molecule has 0 bridgehead atoms. The highest BCUT2D eigenvalue weighted by Crippen LogP contribution is 2.24. The highest BCUT2D eigenvalue weighted by Gasteiger charge is 2.27. The molecule has 2 aromatic rings. The topological polar surface area (TPSA) is 173 Å². The third kappa shape index (κ3) is 10.1. The van der Waals surface area contributed by atoms with Gasteiger partial charge in [0.1, 0.15) is 5.75 Å². The van der Waals surface area contributed by atoms with E-state index in [0.29, 0.717) is 6.42 Å². The zero-order valence-corrected chi connectivity index (χ0v) is 20.6. The fourth-order valence-corrected chi connectivity index (χ4v) is 3.80. The Balaban J connectivity index is 1.98. The van der Waals surface area contributed by atoms with E-state index in [1.165, 1.54) is 0 Å². The van der Waals surface area contributed by atoms with E-state index in [2.05, 4.69) is 5.32 Å². The summed E-state index contributed by atoms with van der Waals surface area (Å²) in [5, 5.41) is 20.4. The predicted octanol–water partition coefficient (Wildman–Crippen LogP) is 2.57. The first-order valence-corrected chi connectivity index (χ1v) is 11.9. The van der Waals surface area contributed by atoms with Crippen LogP contribution in [0.15, 0.2) is 48.5 Å². The molecule has 2 aromatic carbocycles. The molecule has 0 aliphatic carbocycles. The highest BCUT2D eigenvalue weighted by atomic mass is 16.5. The van der Waals surface area contributed by atoms with Crippen LogP contribution in [-0.4, -0.2) is 52.9 Å². The van der Waals surface area contributed by atoms with Gasteiger partial charge in [0.15, 0.2) is 5.78 Å². The van der Waals surface area contributed by atoms with Gasteiger partial charge in [0.25, 0.3) is 0 Å². The smallest absolute Gasteiger partial charge is 0.303 e. The molecular formula is C27H32N2O8. The van der Waals surface area contributed by atoms with Crippen LogP contribution < -0.4 is 15.8 Å². The number of methoxy groups -OCH3 is 1. The SMILES string of the molecule is COc1cccc(-c2ccc(CCC(=O)N[C@@H](CCC(=O)O)C(=O)C[C@@H](CCC(=O)O)C(N)=O)cc2)c1. The summed E-state index contributed by atoms with van der Waals surface area (Å²) < 4.78 is 5.25. The number of ether oxygens (including phenoxy) is 1. The van der Waals surface area contributed by atoms with Crippen LogP contribution in [0.5, 0.6) is 5.75 Å². The summed E-state index contributed by atoms with van der Waals surface area (Å²) in [7, 11) is 1.60. The first-order chi connectivity index (χ1) is 17.6. The Kier molecular flexibility index (Phi) is 11.3. The van der Waals surface area contributed by atoms with Crippen LogP contribution in [0, 0.1) is 5.92 Å². The van der Waals surface area contributed by atoms with Crippen molar-refractivity contribution in [3.63, 3.8) is 0 Å². The molecule has 0 aliphatic heterocycles. The van der Waals surface area contributed by atoms with E-state index in [0.717, 1.165) is 22.4 Å². The lowest BCUT2D eigenvalue weighted by atomic mass is 9.92. The molecule has 0 fully saturated rings. The number of carbonyl (C=O) groups excluding carboxylic acids is 3. The number of carboxylic acids is 2. The summed E-state index contributed by atoms with van der Waals surface area (Å²) in [6.07, 6.45) is -0.900. The Bertz CT molecular complexity index is 1110. The minimum absolute atomic E-state index is 0.0631. The van der Waals surface area contributed by atoms with Gasteiger partial charge in [-0.2, -0.15) is 0 Å². The molecule has 2 rings (SSSR count). The van der Waals surface area contributed by atoms with E-state index in [9.17, 15) is 24.0 Å². The number of amides is 2. The lowest BCUT2D eigenvalue weighted by molar-refractivity contribution is -0.139. The molecule has 0 radical (unpaired) electrons. The molecule has 0 saturated carbocycles. The fourth-order valence-electron chi connectivity index (χ4n) is 3.80. The second-order valence-electron chi connectivity index (χ2n) is 8.68. The van der Waals surface area contributed by atoms with Crippen molar-refractivity contribution in [2.24, 2.45) is 11.7 Å². The van der Waals surface area contributed by atoms with Crippen LogP contribution in [-0.2, 0) is 30.4 Å². The van der Waals surface area contributed by atoms with Crippen molar-refractivity contribution < 1.29 is 38.9 Å². The van der Waals surface area contributed by atoms with Gasteiger partial charge in [0, 0.05) is 31.6 Å². The number of carbonyl (C=O) groups is 5. The number of hydrogen-bond donors (Lipinski definition) is 4. The van der Waals surface area contributed by atoms with E-state index < -0.39 is 41.5 Å². The van der Waals surface area contributed by atoms with E-state index in [1.807, 2.05) is 48.5 Å². The second-order valence-corrected chi connectivity index (χ2v) is 8.68. The average Bonchev–Trinajstić information content (AvgIpc) is 2.87. The Morgan fingerprint density at radius 3 is 2.14 bits per heavy atom. The number of primary amides is 1. The van der Waals surface area contributed by atoms with Gasteiger partial charge >= 0.3 is 11.9 Å². The molecule has 10 nitrogen and oxygen atoms in total. The Morgan fingerprint density at radius 1 is 0.892 bits per heavy atom. The maximum Gasteiger partial charge on any atom is 0.303 e. The number of nitrogens with two attached hydrogens (primary N) is 1. The van der Waals surface area contributed by atoms with Crippen molar-refractivity contribution in [2.45, 2.75) is 51.0 Å². The molecule has 2 amide bonds. The summed E-state index contributed by atoms with van der Waals surface area (Å²) in [5.41, 5.74) is 8.17. The molecule has 2 atom stereocenters. The maximum atomic E-state index is 12.8. The predicted molar refractivity (Wildman–Crippen MR) is 135 cm³/mol. The molecular weight excluding hydrogens is 480 g/mol. The number of Topliss-reactive ketones (excluding diaryl/α,β-unsaturated/α-hetero) is 1. The normalized spacial score (nSPS) is 12.2. The summed E-state index contributed by atoms with van der Waals surface area (Å²) >= 11 is 0. The van der Waals surface area contributed by atoms with E-state index in [4.69, 9.17) is 20.7 Å². The number of aryl methyl sites for hydroxylation is 1. The van der Waals surface area contributed by atoms with Gasteiger partial charge in [-0.15, -0.1) is 0 Å². The lowest BCUT2D eigenvalue weighted by Crippen LogP contribution is -2.43. The van der Waals surface area contributed by atoms with Gasteiger partial charge < -0.3 is 26.0 Å². The first-order valence-electron chi connectivity index (χ1n) is 11.9. The van der Waals surface area contributed by atoms with Crippen LogP contribution >= 0.6 is 0 Å². The van der Waals surface area contributed by atoms with E-state index >= 15 is 0 Å². The number of benzene rings is 2. The van der Waals surface area contributed by atoms with Crippen LogP contribution in [0.4, 0.5) is 0 Å². The maximum absolute atomic E-state index is 12.8. The fraction of sp³-hybridized carbons (Fsp3) is 0.370. The molecule has 0 saturated heterocycles. The minimum atomic E-state index is -1.14. The van der Waals surface area contributed by atoms with Crippen molar-refractivity contribution in [2.75, 3.05) is 7.11 Å². The van der Waals surface area contributed by atoms with Gasteiger partial charge in [-0.1, -0.05) is 36.4 Å². The second kappa shape index (κ2) is 14.4. The molecule has 5 N–H and O–H groups in total. The Labute approximate surface area is 214 Å². The molecule has 0 heterocycles. The summed E-state index contributed by atoms with van der Waals surface area (Å²) in [6.45, 7) is 0. The number of hydrogen-bond acceptors (Lipinski definition) is 6. The third-order valence-corrected chi connectivity index (χ3v) is 5.93. The number of nitrogens with one attached hydrogen (secondary N) is 1. The largest absolute Gasteiger partial charge is 0.497 e. The van der Waals surface area contributed by atoms with Crippen LogP contribution in [0.25, 0.3) is 11.1 Å². The van der Waals surface area contributed by atoms with Crippen LogP contribution in [0.2, 0.25) is 0 Å². The number of ketones is 1. The summed E-state index contributed by atoms with van der Waals surface area (Å²) in [6, 6.07) is 14.2. The summed E-state index contributed by atoms with van der Waals surface area (Å²) in [4.78, 5) is 58.8. The van der Waals surface area contributed by atoms with Crippen molar-refractivity contribution in [1.82, 2.24) is 5.32 Å². The molecule has 37 heavy (non-hydrogen) atoms. The van der Waals surface area contributed by atoms with E-state index in [-0.39, 0.29) is 38.5 Å². The van der Waals surface area contributed by atoms with E-state index in [1.54, 1.807) is 7.11 Å². The Hall–Kier alpha value is -4.21. The first kappa shape index (κ1) is 29.0. The molecule has 0 aromatic heterocycles. The van der Waals surface area contributed by atoms with Gasteiger partial charge in [-0.05, 0) is 48.1 Å². The van der Waals surface area contributed by atoms with Gasteiger partial charge in [-0.3, -0.25) is 24.0 Å². The summed E-state index contributed by atoms with van der Waals surface area (Å²) in [5.74, 6) is -4.37. The van der Waals surface area contributed by atoms with Gasteiger partial charge in [0.05, 0.1) is 13.2 Å². The number of carboxylic acid groups (broad SMARTS) is 2. The number of rotatable bonds is 16.